The van der Waals surface area contributed by atoms with Gasteiger partial charge in [-0.2, -0.15) is 0 Å². The van der Waals surface area contributed by atoms with Crippen LogP contribution in [0.1, 0.15) is 27.9 Å². The van der Waals surface area contributed by atoms with Crippen molar-refractivity contribution in [3.63, 3.8) is 0 Å². The highest BCUT2D eigenvalue weighted by atomic mass is 16.3. The van der Waals surface area contributed by atoms with E-state index in [0.717, 1.165) is 11.1 Å². The molecule has 0 atom stereocenters. The standard InChI is InChI=1S/C19H22N2O3/c1-14-4-2-5-15(12-14)13-18(23)21-17-8-6-16(7-9-17)19(24)20-10-3-11-22/h2,4-9,12,22H,3,10-11,13H2,1H3,(H,20,24)(H,21,23). The zero-order valence-corrected chi connectivity index (χ0v) is 13.7. The fourth-order valence-electron chi connectivity index (χ4n) is 2.30. The predicted octanol–water partition coefficient (Wildman–Crippen LogP) is 2.29. The number of aliphatic hydroxyl groups excluding tert-OH is 1. The smallest absolute Gasteiger partial charge is 0.251 e. The van der Waals surface area contributed by atoms with Gasteiger partial charge < -0.3 is 15.7 Å². The number of amides is 2. The second-order valence-corrected chi connectivity index (χ2v) is 5.62. The number of nitrogens with one attached hydrogen (secondary N) is 2. The first-order chi connectivity index (χ1) is 11.6. The lowest BCUT2D eigenvalue weighted by Gasteiger charge is -2.08. The van der Waals surface area contributed by atoms with Crippen LogP contribution in [0.4, 0.5) is 5.69 Å². The van der Waals surface area contributed by atoms with Crippen LogP contribution in [0.15, 0.2) is 48.5 Å². The molecule has 0 unspecified atom stereocenters. The highest BCUT2D eigenvalue weighted by molar-refractivity contribution is 5.96. The van der Waals surface area contributed by atoms with Gasteiger partial charge in [-0.05, 0) is 43.2 Å². The summed E-state index contributed by atoms with van der Waals surface area (Å²) in [5.41, 5.74) is 3.26. The first-order valence-corrected chi connectivity index (χ1v) is 7.93. The fourth-order valence-corrected chi connectivity index (χ4v) is 2.30. The summed E-state index contributed by atoms with van der Waals surface area (Å²) in [6, 6.07) is 14.6. The number of benzene rings is 2. The van der Waals surface area contributed by atoms with Gasteiger partial charge in [-0.3, -0.25) is 9.59 Å². The third kappa shape index (κ3) is 5.52. The van der Waals surface area contributed by atoms with Crippen LogP contribution in [-0.2, 0) is 11.2 Å². The lowest BCUT2D eigenvalue weighted by atomic mass is 10.1. The van der Waals surface area contributed by atoms with Crippen molar-refractivity contribution in [3.05, 3.63) is 65.2 Å². The molecule has 126 valence electrons. The number of hydrogen-bond donors (Lipinski definition) is 3. The Balaban J connectivity index is 1.89. The Morgan fingerprint density at radius 2 is 1.83 bits per heavy atom. The topological polar surface area (TPSA) is 78.4 Å². The summed E-state index contributed by atoms with van der Waals surface area (Å²) < 4.78 is 0. The molecular formula is C19H22N2O3. The van der Waals surface area contributed by atoms with E-state index in [1.807, 2.05) is 31.2 Å². The molecule has 24 heavy (non-hydrogen) atoms. The minimum absolute atomic E-state index is 0.0478. The molecule has 0 aliphatic rings. The van der Waals surface area contributed by atoms with Crippen molar-refractivity contribution in [2.45, 2.75) is 19.8 Å². The quantitative estimate of drug-likeness (QED) is 0.683. The maximum atomic E-state index is 12.1. The second-order valence-electron chi connectivity index (χ2n) is 5.62. The van der Waals surface area contributed by atoms with Crippen LogP contribution in [0.3, 0.4) is 0 Å². The van der Waals surface area contributed by atoms with Crippen LogP contribution in [0.5, 0.6) is 0 Å². The largest absolute Gasteiger partial charge is 0.396 e. The van der Waals surface area contributed by atoms with Crippen LogP contribution in [0, 0.1) is 6.92 Å². The van der Waals surface area contributed by atoms with Gasteiger partial charge in [0, 0.05) is 24.4 Å². The van der Waals surface area contributed by atoms with E-state index >= 15 is 0 Å². The molecule has 2 amide bonds. The minimum atomic E-state index is -0.193. The molecule has 0 saturated carbocycles. The van der Waals surface area contributed by atoms with E-state index in [4.69, 9.17) is 5.11 Å². The number of aliphatic hydroxyl groups is 1. The summed E-state index contributed by atoms with van der Waals surface area (Å²) in [4.78, 5) is 23.9. The summed E-state index contributed by atoms with van der Waals surface area (Å²) in [6.07, 6.45) is 0.837. The summed E-state index contributed by atoms with van der Waals surface area (Å²) in [5.74, 6) is -0.290. The van der Waals surface area contributed by atoms with E-state index in [-0.39, 0.29) is 18.4 Å². The first-order valence-electron chi connectivity index (χ1n) is 7.93. The third-order valence-electron chi connectivity index (χ3n) is 3.50. The van der Waals surface area contributed by atoms with Gasteiger partial charge in [0.15, 0.2) is 0 Å². The Hall–Kier alpha value is -2.66. The zero-order valence-electron chi connectivity index (χ0n) is 13.7. The second kappa shape index (κ2) is 8.84. The molecule has 0 radical (unpaired) electrons. The van der Waals surface area contributed by atoms with Crippen molar-refractivity contribution in [2.24, 2.45) is 0 Å². The average molecular weight is 326 g/mol. The Kier molecular flexibility index (Phi) is 6.51. The van der Waals surface area contributed by atoms with Gasteiger partial charge in [0.25, 0.3) is 5.91 Å². The molecule has 0 aromatic heterocycles. The molecule has 2 aromatic rings. The lowest BCUT2D eigenvalue weighted by molar-refractivity contribution is -0.115. The molecule has 0 bridgehead atoms. The van der Waals surface area contributed by atoms with Gasteiger partial charge in [-0.15, -0.1) is 0 Å². The van der Waals surface area contributed by atoms with E-state index in [0.29, 0.717) is 30.6 Å². The lowest BCUT2D eigenvalue weighted by Crippen LogP contribution is -2.25. The number of carbonyl (C=O) groups excluding carboxylic acids is 2. The average Bonchev–Trinajstić information content (AvgIpc) is 2.55. The van der Waals surface area contributed by atoms with Crippen molar-refractivity contribution in [3.8, 4) is 0 Å². The maximum Gasteiger partial charge on any atom is 0.251 e. The molecule has 0 heterocycles. The van der Waals surface area contributed by atoms with Crippen molar-refractivity contribution in [1.82, 2.24) is 5.32 Å². The number of rotatable bonds is 7. The van der Waals surface area contributed by atoms with Crippen LogP contribution in [0.25, 0.3) is 0 Å². The van der Waals surface area contributed by atoms with E-state index in [1.54, 1.807) is 24.3 Å². The van der Waals surface area contributed by atoms with Crippen LogP contribution < -0.4 is 10.6 Å². The first kappa shape index (κ1) is 17.7. The summed E-state index contributed by atoms with van der Waals surface area (Å²) >= 11 is 0. The Morgan fingerprint density at radius 3 is 2.50 bits per heavy atom. The van der Waals surface area contributed by atoms with Gasteiger partial charge in [0.05, 0.1) is 6.42 Å². The van der Waals surface area contributed by atoms with Crippen molar-refractivity contribution in [1.29, 1.82) is 0 Å². The van der Waals surface area contributed by atoms with Crippen molar-refractivity contribution in [2.75, 3.05) is 18.5 Å². The highest BCUT2D eigenvalue weighted by Gasteiger charge is 2.07. The van der Waals surface area contributed by atoms with E-state index in [1.165, 1.54) is 0 Å². The SMILES string of the molecule is Cc1cccc(CC(=O)Nc2ccc(C(=O)NCCCO)cc2)c1. The van der Waals surface area contributed by atoms with E-state index < -0.39 is 0 Å². The van der Waals surface area contributed by atoms with Crippen molar-refractivity contribution < 1.29 is 14.7 Å². The van der Waals surface area contributed by atoms with Crippen molar-refractivity contribution >= 4 is 17.5 Å². The highest BCUT2D eigenvalue weighted by Crippen LogP contribution is 2.11. The molecule has 2 aromatic carbocycles. The normalized spacial score (nSPS) is 10.2. The maximum absolute atomic E-state index is 12.1. The van der Waals surface area contributed by atoms with Gasteiger partial charge in [-0.25, -0.2) is 0 Å². The van der Waals surface area contributed by atoms with Crippen LogP contribution in [-0.4, -0.2) is 30.1 Å². The molecule has 5 nitrogen and oxygen atoms in total. The molecule has 0 aliphatic carbocycles. The summed E-state index contributed by atoms with van der Waals surface area (Å²) in [7, 11) is 0. The van der Waals surface area contributed by atoms with Gasteiger partial charge in [0.2, 0.25) is 5.91 Å². The molecule has 5 heteroatoms. The zero-order chi connectivity index (χ0) is 17.4. The summed E-state index contributed by atoms with van der Waals surface area (Å²) in [5, 5.41) is 14.2. The molecule has 0 saturated heterocycles. The number of carbonyl (C=O) groups is 2. The van der Waals surface area contributed by atoms with Crippen LogP contribution >= 0.6 is 0 Å². The number of aryl methyl sites for hydroxylation is 1. The fraction of sp³-hybridized carbons (Fsp3) is 0.263. The third-order valence-corrected chi connectivity index (χ3v) is 3.50. The van der Waals surface area contributed by atoms with E-state index in [9.17, 15) is 9.59 Å². The minimum Gasteiger partial charge on any atom is -0.396 e. The van der Waals surface area contributed by atoms with Crippen LogP contribution in [0.2, 0.25) is 0 Å². The van der Waals surface area contributed by atoms with Gasteiger partial charge >= 0.3 is 0 Å². The monoisotopic (exact) mass is 326 g/mol. The number of anilines is 1. The number of hydrogen-bond acceptors (Lipinski definition) is 3. The molecular weight excluding hydrogens is 304 g/mol. The molecule has 0 spiro atoms. The Bertz CT molecular complexity index is 696. The molecule has 0 aliphatic heterocycles. The molecule has 2 rings (SSSR count). The molecule has 0 fully saturated rings. The van der Waals surface area contributed by atoms with E-state index in [2.05, 4.69) is 10.6 Å². The summed E-state index contributed by atoms with van der Waals surface area (Å²) in [6.45, 7) is 2.47. The van der Waals surface area contributed by atoms with Gasteiger partial charge in [0.1, 0.15) is 0 Å². The Morgan fingerprint density at radius 1 is 1.08 bits per heavy atom. The van der Waals surface area contributed by atoms with Gasteiger partial charge in [-0.1, -0.05) is 29.8 Å². The molecule has 3 N–H and O–H groups in total. The Labute approximate surface area is 141 Å². The predicted molar refractivity (Wildman–Crippen MR) is 94.0 cm³/mol.